The first-order chi connectivity index (χ1) is 12.5. The van der Waals surface area contributed by atoms with Crippen molar-refractivity contribution in [1.82, 2.24) is 4.90 Å². The molecule has 1 aromatic carbocycles. The van der Waals surface area contributed by atoms with Crippen LogP contribution >= 0.6 is 0 Å². The van der Waals surface area contributed by atoms with Crippen LogP contribution in [0.2, 0.25) is 0 Å². The summed E-state index contributed by atoms with van der Waals surface area (Å²) >= 11 is 0. The summed E-state index contributed by atoms with van der Waals surface area (Å²) in [6.45, 7) is 1.70. The molecule has 136 valence electrons. The minimum Gasteiger partial charge on any atom is -0.326 e. The van der Waals surface area contributed by atoms with Gasteiger partial charge in [0.1, 0.15) is 0 Å². The van der Waals surface area contributed by atoms with Crippen molar-refractivity contribution in [2.75, 3.05) is 11.9 Å². The third-order valence-electron chi connectivity index (χ3n) is 4.87. The fourth-order valence-electron chi connectivity index (χ4n) is 3.45. The van der Waals surface area contributed by atoms with E-state index < -0.39 is 0 Å². The molecule has 2 aliphatic rings. The average molecular weight is 354 g/mol. The molecule has 6 nitrogen and oxygen atoms in total. The molecule has 3 rings (SSSR count). The van der Waals surface area contributed by atoms with Gasteiger partial charge in [0.05, 0.1) is 18.4 Å². The molecule has 3 amide bonds. The van der Waals surface area contributed by atoms with Gasteiger partial charge < -0.3 is 5.32 Å². The molecule has 0 bridgehead atoms. The van der Waals surface area contributed by atoms with Gasteiger partial charge in [-0.3, -0.25) is 24.1 Å². The SMILES string of the molecule is CCCC(=O)Nc1ccc(C(=O)CN2C(=O)[C@H]3CC=CC[C@@H]3C2=O)cc1. The topological polar surface area (TPSA) is 83.6 Å². The van der Waals surface area contributed by atoms with Crippen LogP contribution in [0.1, 0.15) is 43.0 Å². The Morgan fingerprint density at radius 1 is 1.04 bits per heavy atom. The maximum Gasteiger partial charge on any atom is 0.233 e. The summed E-state index contributed by atoms with van der Waals surface area (Å²) in [6, 6.07) is 6.50. The van der Waals surface area contributed by atoms with Crippen molar-refractivity contribution in [2.45, 2.75) is 32.6 Å². The summed E-state index contributed by atoms with van der Waals surface area (Å²) in [5.41, 5.74) is 1.03. The number of nitrogens with one attached hydrogen (secondary N) is 1. The molecule has 0 radical (unpaired) electrons. The highest BCUT2D eigenvalue weighted by atomic mass is 16.2. The van der Waals surface area contributed by atoms with E-state index in [-0.39, 0.29) is 41.9 Å². The summed E-state index contributed by atoms with van der Waals surface area (Å²) in [5.74, 6) is -1.50. The lowest BCUT2D eigenvalue weighted by atomic mass is 9.85. The lowest BCUT2D eigenvalue weighted by Crippen LogP contribution is -2.36. The zero-order chi connectivity index (χ0) is 18.7. The van der Waals surface area contributed by atoms with Crippen LogP contribution in [0, 0.1) is 11.8 Å². The van der Waals surface area contributed by atoms with E-state index in [4.69, 9.17) is 0 Å². The van der Waals surface area contributed by atoms with Crippen LogP contribution in [0.3, 0.4) is 0 Å². The van der Waals surface area contributed by atoms with E-state index in [0.29, 0.717) is 30.5 Å². The van der Waals surface area contributed by atoms with Crippen LogP contribution in [0.15, 0.2) is 36.4 Å². The van der Waals surface area contributed by atoms with E-state index in [0.717, 1.165) is 11.3 Å². The number of benzene rings is 1. The first-order valence-corrected chi connectivity index (χ1v) is 8.94. The molecule has 1 fully saturated rings. The molecule has 6 heteroatoms. The molecule has 26 heavy (non-hydrogen) atoms. The summed E-state index contributed by atoms with van der Waals surface area (Å²) in [5, 5.41) is 2.75. The summed E-state index contributed by atoms with van der Waals surface area (Å²) in [7, 11) is 0. The molecular formula is C20H22N2O4. The zero-order valence-electron chi connectivity index (χ0n) is 14.7. The second kappa shape index (κ2) is 7.64. The predicted octanol–water partition coefficient (Wildman–Crippen LogP) is 2.56. The minimum absolute atomic E-state index is 0.0731. The Morgan fingerprint density at radius 2 is 1.62 bits per heavy atom. The highest BCUT2D eigenvalue weighted by molar-refractivity contribution is 6.10. The summed E-state index contributed by atoms with van der Waals surface area (Å²) in [6.07, 6.45) is 6.17. The van der Waals surface area contributed by atoms with Gasteiger partial charge in [0.25, 0.3) is 0 Å². The number of allylic oxidation sites excluding steroid dienone is 2. The maximum atomic E-state index is 12.5. The van der Waals surface area contributed by atoms with Crippen LogP contribution in [0.25, 0.3) is 0 Å². The smallest absolute Gasteiger partial charge is 0.233 e. The Kier molecular flexibility index (Phi) is 5.30. The monoisotopic (exact) mass is 354 g/mol. The van der Waals surface area contributed by atoms with Crippen LogP contribution in [-0.2, 0) is 14.4 Å². The van der Waals surface area contributed by atoms with E-state index in [2.05, 4.69) is 5.32 Å². The van der Waals surface area contributed by atoms with Gasteiger partial charge in [-0.2, -0.15) is 0 Å². The maximum absolute atomic E-state index is 12.5. The summed E-state index contributed by atoms with van der Waals surface area (Å²) < 4.78 is 0. The molecule has 0 aromatic heterocycles. The molecule has 1 heterocycles. The zero-order valence-corrected chi connectivity index (χ0v) is 14.7. The molecule has 1 saturated heterocycles. The van der Waals surface area contributed by atoms with Crippen molar-refractivity contribution < 1.29 is 19.2 Å². The van der Waals surface area contributed by atoms with Crippen molar-refractivity contribution in [3.63, 3.8) is 0 Å². The lowest BCUT2D eigenvalue weighted by Gasteiger charge is -2.14. The quantitative estimate of drug-likeness (QED) is 0.483. The number of imide groups is 1. The van der Waals surface area contributed by atoms with E-state index in [1.54, 1.807) is 24.3 Å². The largest absolute Gasteiger partial charge is 0.326 e. The predicted molar refractivity (Wildman–Crippen MR) is 96.4 cm³/mol. The molecule has 1 aromatic rings. The number of ketones is 1. The highest BCUT2D eigenvalue weighted by Gasteiger charge is 2.47. The van der Waals surface area contributed by atoms with E-state index in [9.17, 15) is 19.2 Å². The van der Waals surface area contributed by atoms with E-state index in [1.165, 1.54) is 0 Å². The van der Waals surface area contributed by atoms with Crippen molar-refractivity contribution in [3.05, 3.63) is 42.0 Å². The third-order valence-corrected chi connectivity index (χ3v) is 4.87. The number of nitrogens with zero attached hydrogens (tertiary/aromatic N) is 1. The van der Waals surface area contributed by atoms with Crippen molar-refractivity contribution in [3.8, 4) is 0 Å². The van der Waals surface area contributed by atoms with Gasteiger partial charge in [0, 0.05) is 17.7 Å². The molecule has 1 aliphatic carbocycles. The van der Waals surface area contributed by atoms with Gasteiger partial charge in [0.15, 0.2) is 5.78 Å². The molecule has 1 N–H and O–H groups in total. The van der Waals surface area contributed by atoms with Crippen LogP contribution in [0.4, 0.5) is 5.69 Å². The minimum atomic E-state index is -0.323. The number of Topliss-reactive ketones (excluding diaryl/α,β-unsaturated/α-hetero) is 1. The van der Waals surface area contributed by atoms with Crippen molar-refractivity contribution in [2.24, 2.45) is 11.8 Å². The Hall–Kier alpha value is -2.76. The van der Waals surface area contributed by atoms with Gasteiger partial charge in [0.2, 0.25) is 17.7 Å². The van der Waals surface area contributed by atoms with Crippen molar-refractivity contribution in [1.29, 1.82) is 0 Å². The van der Waals surface area contributed by atoms with Gasteiger partial charge in [-0.15, -0.1) is 0 Å². The first-order valence-electron chi connectivity index (χ1n) is 8.94. The van der Waals surface area contributed by atoms with Crippen LogP contribution < -0.4 is 5.32 Å². The molecule has 0 spiro atoms. The second-order valence-corrected chi connectivity index (χ2v) is 6.72. The number of anilines is 1. The lowest BCUT2D eigenvalue weighted by molar-refractivity contribution is -0.139. The molecular weight excluding hydrogens is 332 g/mol. The van der Waals surface area contributed by atoms with E-state index >= 15 is 0 Å². The van der Waals surface area contributed by atoms with Gasteiger partial charge >= 0.3 is 0 Å². The Bertz CT molecular complexity index is 741. The fourth-order valence-corrected chi connectivity index (χ4v) is 3.45. The van der Waals surface area contributed by atoms with Crippen LogP contribution in [-0.4, -0.2) is 34.9 Å². The Balaban J connectivity index is 1.64. The number of carbonyl (C=O) groups is 4. The standard InChI is InChI=1S/C20H22N2O4/c1-2-5-18(24)21-14-10-8-13(9-11-14)17(23)12-22-19(25)15-6-3-4-7-16(15)20(22)26/h3-4,8-11,15-16H,2,5-7,12H2,1H3,(H,21,24)/t15-,16-/m0/s1. The third kappa shape index (κ3) is 3.59. The molecule has 2 atom stereocenters. The number of likely N-dealkylation sites (tertiary alicyclic amines) is 1. The number of carbonyl (C=O) groups excluding carboxylic acids is 4. The Morgan fingerprint density at radius 3 is 2.15 bits per heavy atom. The molecule has 0 unspecified atom stereocenters. The average Bonchev–Trinajstić information content (AvgIpc) is 2.88. The van der Waals surface area contributed by atoms with Gasteiger partial charge in [-0.05, 0) is 43.5 Å². The number of rotatable bonds is 6. The first kappa shape index (κ1) is 18.0. The fraction of sp³-hybridized carbons (Fsp3) is 0.400. The number of hydrogen-bond acceptors (Lipinski definition) is 4. The van der Waals surface area contributed by atoms with Crippen molar-refractivity contribution >= 4 is 29.2 Å². The molecule has 0 saturated carbocycles. The normalized spacial score (nSPS) is 21.7. The van der Waals surface area contributed by atoms with Gasteiger partial charge in [-0.25, -0.2) is 0 Å². The van der Waals surface area contributed by atoms with Gasteiger partial charge in [-0.1, -0.05) is 19.1 Å². The van der Waals surface area contributed by atoms with E-state index in [1.807, 2.05) is 19.1 Å². The number of amides is 3. The van der Waals surface area contributed by atoms with Crippen LogP contribution in [0.5, 0.6) is 0 Å². The highest BCUT2D eigenvalue weighted by Crippen LogP contribution is 2.35. The summed E-state index contributed by atoms with van der Waals surface area (Å²) in [4.78, 5) is 50.0. The number of fused-ring (bicyclic) bond motifs is 1. The Labute approximate surface area is 152 Å². The molecule has 1 aliphatic heterocycles. The number of hydrogen-bond donors (Lipinski definition) is 1. The second-order valence-electron chi connectivity index (χ2n) is 6.72.